The van der Waals surface area contributed by atoms with Crippen LogP contribution in [0.2, 0.25) is 0 Å². The lowest BCUT2D eigenvalue weighted by Crippen LogP contribution is -2.46. The molecule has 150 valence electrons. The summed E-state index contributed by atoms with van der Waals surface area (Å²) in [4.78, 5) is 14.9. The second-order valence-corrected chi connectivity index (χ2v) is 9.74. The maximum Gasteiger partial charge on any atom is 0.263 e. The van der Waals surface area contributed by atoms with Crippen molar-refractivity contribution < 1.29 is 17.9 Å². The van der Waals surface area contributed by atoms with Gasteiger partial charge >= 0.3 is 0 Å². The molecule has 0 N–H and O–H groups in total. The SMILES string of the molecule is Cc1ccc(O[C@H](C)C(=O)N(Cc2ccccc2)[C@@H]2CCS(=O)(=O)C2)cc1C. The minimum atomic E-state index is -3.10. The predicted molar refractivity (Wildman–Crippen MR) is 110 cm³/mol. The number of benzene rings is 2. The number of sulfone groups is 1. The molecular formula is C22H27NO4S. The van der Waals surface area contributed by atoms with E-state index >= 15 is 0 Å². The summed E-state index contributed by atoms with van der Waals surface area (Å²) in [5.74, 6) is 0.594. The number of hydrogen-bond acceptors (Lipinski definition) is 4. The summed E-state index contributed by atoms with van der Waals surface area (Å²) < 4.78 is 29.9. The number of aryl methyl sites for hydroxylation is 2. The highest BCUT2D eigenvalue weighted by Gasteiger charge is 2.36. The molecule has 2 aromatic carbocycles. The molecule has 3 rings (SSSR count). The highest BCUT2D eigenvalue weighted by Crippen LogP contribution is 2.23. The van der Waals surface area contributed by atoms with Gasteiger partial charge in [0.15, 0.2) is 15.9 Å². The highest BCUT2D eigenvalue weighted by molar-refractivity contribution is 7.91. The topological polar surface area (TPSA) is 63.7 Å². The van der Waals surface area contributed by atoms with E-state index in [1.165, 1.54) is 0 Å². The molecule has 0 bridgehead atoms. The van der Waals surface area contributed by atoms with Gasteiger partial charge in [0.05, 0.1) is 11.5 Å². The van der Waals surface area contributed by atoms with Crippen molar-refractivity contribution in [3.05, 3.63) is 65.2 Å². The molecule has 0 radical (unpaired) electrons. The number of amides is 1. The molecule has 5 nitrogen and oxygen atoms in total. The van der Waals surface area contributed by atoms with Crippen LogP contribution in [0, 0.1) is 13.8 Å². The van der Waals surface area contributed by atoms with Crippen LogP contribution in [-0.2, 0) is 21.2 Å². The Hall–Kier alpha value is -2.34. The third kappa shape index (κ3) is 4.93. The van der Waals surface area contributed by atoms with Crippen LogP contribution in [0.1, 0.15) is 30.0 Å². The summed E-state index contributed by atoms with van der Waals surface area (Å²) in [5.41, 5.74) is 3.23. The summed E-state index contributed by atoms with van der Waals surface area (Å²) in [5, 5.41) is 0. The van der Waals surface area contributed by atoms with E-state index in [-0.39, 0.29) is 23.5 Å². The Morgan fingerprint density at radius 1 is 1.14 bits per heavy atom. The maximum atomic E-state index is 13.2. The van der Waals surface area contributed by atoms with Crippen molar-refractivity contribution in [1.29, 1.82) is 0 Å². The van der Waals surface area contributed by atoms with Crippen LogP contribution in [0.15, 0.2) is 48.5 Å². The molecule has 1 aliphatic rings. The number of ether oxygens (including phenoxy) is 1. The Balaban J connectivity index is 1.79. The molecule has 2 atom stereocenters. The summed E-state index contributed by atoms with van der Waals surface area (Å²) in [7, 11) is -3.10. The third-order valence-electron chi connectivity index (χ3n) is 5.27. The normalized spacial score (nSPS) is 19.2. The van der Waals surface area contributed by atoms with Crippen LogP contribution in [0.3, 0.4) is 0 Å². The average molecular weight is 402 g/mol. The molecule has 1 aliphatic heterocycles. The van der Waals surface area contributed by atoms with Crippen molar-refractivity contribution in [2.24, 2.45) is 0 Å². The minimum absolute atomic E-state index is 0.0158. The smallest absolute Gasteiger partial charge is 0.263 e. The van der Waals surface area contributed by atoms with Crippen LogP contribution in [0.25, 0.3) is 0 Å². The molecule has 0 unspecified atom stereocenters. The lowest BCUT2D eigenvalue weighted by atomic mass is 10.1. The molecule has 0 aliphatic carbocycles. The van der Waals surface area contributed by atoms with Gasteiger partial charge in [-0.15, -0.1) is 0 Å². The van der Waals surface area contributed by atoms with Crippen molar-refractivity contribution in [3.8, 4) is 5.75 Å². The highest BCUT2D eigenvalue weighted by atomic mass is 32.2. The second-order valence-electron chi connectivity index (χ2n) is 7.51. The van der Waals surface area contributed by atoms with Crippen molar-refractivity contribution in [2.75, 3.05) is 11.5 Å². The Labute approximate surface area is 167 Å². The quantitative estimate of drug-likeness (QED) is 0.745. The molecule has 0 spiro atoms. The van der Waals surface area contributed by atoms with Gasteiger partial charge in [0.25, 0.3) is 5.91 Å². The molecular weight excluding hydrogens is 374 g/mol. The Morgan fingerprint density at radius 2 is 1.86 bits per heavy atom. The van der Waals surface area contributed by atoms with Gasteiger partial charge in [-0.05, 0) is 56.0 Å². The maximum absolute atomic E-state index is 13.2. The van der Waals surface area contributed by atoms with E-state index in [0.29, 0.717) is 18.7 Å². The fraction of sp³-hybridized carbons (Fsp3) is 0.409. The molecule has 1 fully saturated rings. The molecule has 1 amide bonds. The standard InChI is InChI=1S/C22H27NO4S/c1-16-9-10-21(13-17(16)2)27-18(3)22(24)23(14-19-7-5-4-6-8-19)20-11-12-28(25,26)15-20/h4-10,13,18,20H,11-12,14-15H2,1-3H3/t18-,20-/m1/s1. The van der Waals surface area contributed by atoms with Gasteiger partial charge in [-0.25, -0.2) is 8.42 Å². The van der Waals surface area contributed by atoms with Crippen LogP contribution >= 0.6 is 0 Å². The lowest BCUT2D eigenvalue weighted by Gasteiger charge is -2.31. The predicted octanol–water partition coefficient (Wildman–Crippen LogP) is 3.29. The van der Waals surface area contributed by atoms with E-state index in [4.69, 9.17) is 4.74 Å². The van der Waals surface area contributed by atoms with E-state index in [1.807, 2.05) is 62.4 Å². The van der Waals surface area contributed by atoms with Gasteiger partial charge in [0.1, 0.15) is 5.75 Å². The van der Waals surface area contributed by atoms with E-state index in [1.54, 1.807) is 11.8 Å². The summed E-state index contributed by atoms with van der Waals surface area (Å²) in [6.07, 6.45) is -0.230. The fourth-order valence-electron chi connectivity index (χ4n) is 3.46. The monoisotopic (exact) mass is 401 g/mol. The number of carbonyl (C=O) groups excluding carboxylic acids is 1. The molecule has 2 aromatic rings. The van der Waals surface area contributed by atoms with E-state index in [9.17, 15) is 13.2 Å². The van der Waals surface area contributed by atoms with Crippen molar-refractivity contribution in [3.63, 3.8) is 0 Å². The Bertz CT molecular complexity index is 940. The summed E-state index contributed by atoms with van der Waals surface area (Å²) in [6, 6.07) is 15.1. The Morgan fingerprint density at radius 3 is 2.46 bits per heavy atom. The Kier molecular flexibility index (Phi) is 6.08. The first kappa shape index (κ1) is 20.4. The lowest BCUT2D eigenvalue weighted by molar-refractivity contribution is -0.140. The number of rotatable bonds is 6. The van der Waals surface area contributed by atoms with E-state index in [0.717, 1.165) is 16.7 Å². The van der Waals surface area contributed by atoms with Gasteiger partial charge in [-0.3, -0.25) is 4.79 Å². The first-order chi connectivity index (χ1) is 13.2. The largest absolute Gasteiger partial charge is 0.481 e. The molecule has 28 heavy (non-hydrogen) atoms. The van der Waals surface area contributed by atoms with Gasteiger partial charge in [-0.2, -0.15) is 0 Å². The zero-order valence-electron chi connectivity index (χ0n) is 16.6. The zero-order chi connectivity index (χ0) is 20.3. The van der Waals surface area contributed by atoms with Gasteiger partial charge < -0.3 is 9.64 Å². The first-order valence-corrected chi connectivity index (χ1v) is 11.4. The fourth-order valence-corrected chi connectivity index (χ4v) is 5.19. The van der Waals surface area contributed by atoms with Crippen molar-refractivity contribution in [1.82, 2.24) is 4.90 Å². The zero-order valence-corrected chi connectivity index (χ0v) is 17.4. The van der Waals surface area contributed by atoms with Gasteiger partial charge in [0, 0.05) is 12.6 Å². The summed E-state index contributed by atoms with van der Waals surface area (Å²) in [6.45, 7) is 6.12. The first-order valence-electron chi connectivity index (χ1n) is 9.54. The van der Waals surface area contributed by atoms with Crippen molar-refractivity contribution in [2.45, 2.75) is 45.9 Å². The number of carbonyl (C=O) groups is 1. The third-order valence-corrected chi connectivity index (χ3v) is 7.02. The summed E-state index contributed by atoms with van der Waals surface area (Å²) >= 11 is 0. The molecule has 0 aromatic heterocycles. The molecule has 1 heterocycles. The van der Waals surface area contributed by atoms with E-state index < -0.39 is 15.9 Å². The van der Waals surface area contributed by atoms with Crippen molar-refractivity contribution >= 4 is 15.7 Å². The number of hydrogen-bond donors (Lipinski definition) is 0. The van der Waals surface area contributed by atoms with E-state index in [2.05, 4.69) is 0 Å². The average Bonchev–Trinajstić information content (AvgIpc) is 3.02. The molecule has 6 heteroatoms. The van der Waals surface area contributed by atoms with Crippen LogP contribution < -0.4 is 4.74 Å². The van der Waals surface area contributed by atoms with Gasteiger partial charge in [-0.1, -0.05) is 36.4 Å². The van der Waals surface area contributed by atoms with Gasteiger partial charge in [0.2, 0.25) is 0 Å². The van der Waals surface area contributed by atoms with Crippen LogP contribution in [-0.4, -0.2) is 42.9 Å². The minimum Gasteiger partial charge on any atom is -0.481 e. The molecule has 0 saturated carbocycles. The van der Waals surface area contributed by atoms with Crippen LogP contribution in [0.4, 0.5) is 0 Å². The van der Waals surface area contributed by atoms with Crippen LogP contribution in [0.5, 0.6) is 5.75 Å². The second kappa shape index (κ2) is 8.35. The molecule has 1 saturated heterocycles. The number of nitrogens with zero attached hydrogens (tertiary/aromatic N) is 1.